The Hall–Kier alpha value is -3.59. The number of hydrogen-bond donors (Lipinski definition) is 0. The van der Waals surface area contributed by atoms with Crippen LogP contribution in [0.4, 0.5) is 0 Å². The van der Waals surface area contributed by atoms with Gasteiger partial charge in [-0.15, -0.1) is 0 Å². The molecule has 0 aliphatic rings. The van der Waals surface area contributed by atoms with Crippen LogP contribution in [0.3, 0.4) is 0 Å². The summed E-state index contributed by atoms with van der Waals surface area (Å²) in [5.41, 5.74) is 0. The van der Waals surface area contributed by atoms with Crippen LogP contribution in [0.5, 0.6) is 0 Å². The van der Waals surface area contributed by atoms with Crippen LogP contribution in [0.15, 0.2) is 122 Å². The Labute approximate surface area is 594 Å². The lowest BCUT2D eigenvalue weighted by Crippen LogP contribution is -2.37. The monoisotopic (exact) mass is 1360 g/mol. The number of ether oxygens (including phenoxy) is 2. The average molecular weight is 1360 g/mol. The molecule has 0 amide bonds. The number of rotatable bonds is 74. The van der Waals surface area contributed by atoms with Crippen LogP contribution in [0.2, 0.25) is 0 Å². The highest BCUT2D eigenvalue weighted by Crippen LogP contribution is 2.38. The first kappa shape index (κ1) is 92.4. The van der Waals surface area contributed by atoms with Crippen molar-refractivity contribution in [3.05, 3.63) is 122 Å². The zero-order valence-electron chi connectivity index (χ0n) is 63.3. The number of hydrogen-bond acceptors (Lipinski definition) is 8. The largest absolute Gasteiger partial charge is 0.756 e. The van der Waals surface area contributed by atoms with E-state index in [9.17, 15) is 19.0 Å². The van der Waals surface area contributed by atoms with Crippen LogP contribution >= 0.6 is 7.82 Å². The first-order valence-electron chi connectivity index (χ1n) is 40.2. The Bertz CT molecular complexity index is 2040. The Morgan fingerprint density at radius 3 is 0.896 bits per heavy atom. The summed E-state index contributed by atoms with van der Waals surface area (Å²) in [6, 6.07) is 0. The van der Waals surface area contributed by atoms with Crippen LogP contribution in [0.25, 0.3) is 0 Å². The van der Waals surface area contributed by atoms with Crippen LogP contribution in [-0.2, 0) is 32.7 Å². The lowest BCUT2D eigenvalue weighted by molar-refractivity contribution is -0.870. The number of esters is 2. The van der Waals surface area contributed by atoms with Crippen molar-refractivity contribution >= 4 is 19.8 Å². The highest BCUT2D eigenvalue weighted by atomic mass is 31.2. The molecule has 0 rings (SSSR count). The van der Waals surface area contributed by atoms with Crippen molar-refractivity contribution in [2.45, 2.75) is 367 Å². The number of carbonyl (C=O) groups excluding carboxylic acids is 2. The number of allylic oxidation sites excluding steroid dienone is 20. The molecule has 2 unspecified atom stereocenters. The zero-order valence-corrected chi connectivity index (χ0v) is 64.2. The van der Waals surface area contributed by atoms with Crippen molar-refractivity contribution in [1.29, 1.82) is 0 Å². The highest BCUT2D eigenvalue weighted by Gasteiger charge is 2.22. The summed E-state index contributed by atoms with van der Waals surface area (Å²) in [7, 11) is 1.16. The van der Waals surface area contributed by atoms with Crippen molar-refractivity contribution in [3.63, 3.8) is 0 Å². The number of phosphoric acid groups is 1. The number of nitrogens with zero attached hydrogens (tertiary/aromatic N) is 1. The van der Waals surface area contributed by atoms with Gasteiger partial charge in [-0.25, -0.2) is 0 Å². The third-order valence-corrected chi connectivity index (χ3v) is 18.4. The van der Waals surface area contributed by atoms with Crippen LogP contribution in [-0.4, -0.2) is 70.0 Å². The maximum absolute atomic E-state index is 12.9. The van der Waals surface area contributed by atoms with Crippen LogP contribution in [0, 0.1) is 0 Å². The summed E-state index contributed by atoms with van der Waals surface area (Å²) >= 11 is 0. The van der Waals surface area contributed by atoms with Gasteiger partial charge in [0, 0.05) is 12.8 Å². The lowest BCUT2D eigenvalue weighted by Gasteiger charge is -2.28. The van der Waals surface area contributed by atoms with E-state index in [1.165, 1.54) is 225 Å². The van der Waals surface area contributed by atoms with E-state index in [1.807, 2.05) is 21.1 Å². The predicted molar refractivity (Wildman–Crippen MR) is 415 cm³/mol. The summed E-state index contributed by atoms with van der Waals surface area (Å²) in [5, 5.41) is 0. The van der Waals surface area contributed by atoms with Gasteiger partial charge in [-0.3, -0.25) is 14.2 Å². The van der Waals surface area contributed by atoms with Gasteiger partial charge in [0.1, 0.15) is 19.8 Å². The molecule has 0 bridgehead atoms. The molecular weight excluding hydrogens is 1210 g/mol. The molecule has 0 aliphatic heterocycles. The number of likely N-dealkylation sites (N-methyl/N-ethyl adjacent to an activating group) is 1. The Kier molecular flexibility index (Phi) is 72.8. The SMILES string of the molecule is CC/C=C\C/C=C\C/C=C\C/C=C\C/C=C\C/C=C\C/C=C\C/C=C\C/C=C\CCCCCCCCCC(=O)OC(COC(=O)CCCCCCCCCCCCCCCCCCCCCCCCCCC/C=C\CCCCCCCCCC)COP(=O)([O-])OCC[N+](C)(C)C. The van der Waals surface area contributed by atoms with Crippen molar-refractivity contribution in [1.82, 2.24) is 0 Å². The molecule has 0 heterocycles. The van der Waals surface area contributed by atoms with Crippen LogP contribution < -0.4 is 4.89 Å². The molecule has 0 radical (unpaired) electrons. The van der Waals surface area contributed by atoms with Gasteiger partial charge in [0.05, 0.1) is 27.7 Å². The smallest absolute Gasteiger partial charge is 0.306 e. The van der Waals surface area contributed by atoms with Gasteiger partial charge in [0.25, 0.3) is 7.82 Å². The molecule has 0 aromatic heterocycles. The summed E-state index contributed by atoms with van der Waals surface area (Å²) in [6.45, 7) is 4.15. The van der Waals surface area contributed by atoms with Gasteiger partial charge in [0.2, 0.25) is 0 Å². The Balaban J connectivity index is 4.00. The normalized spacial score (nSPS) is 13.7. The quantitative estimate of drug-likeness (QED) is 0.0195. The van der Waals surface area contributed by atoms with Crippen molar-refractivity contribution in [2.75, 3.05) is 47.5 Å². The number of quaternary nitrogens is 1. The van der Waals surface area contributed by atoms with E-state index in [0.717, 1.165) is 103 Å². The minimum Gasteiger partial charge on any atom is -0.756 e. The highest BCUT2D eigenvalue weighted by molar-refractivity contribution is 7.45. The third-order valence-electron chi connectivity index (χ3n) is 17.5. The maximum atomic E-state index is 12.9. The molecule has 96 heavy (non-hydrogen) atoms. The van der Waals surface area contributed by atoms with E-state index < -0.39 is 26.5 Å². The Morgan fingerprint density at radius 1 is 0.333 bits per heavy atom. The molecule has 0 saturated heterocycles. The van der Waals surface area contributed by atoms with Crippen molar-refractivity contribution in [3.8, 4) is 0 Å². The molecule has 0 aromatic carbocycles. The molecule has 0 aliphatic carbocycles. The second kappa shape index (κ2) is 75.6. The number of unbranched alkanes of at least 4 members (excludes halogenated alkanes) is 40. The molecule has 0 aromatic rings. The van der Waals surface area contributed by atoms with E-state index in [0.29, 0.717) is 17.4 Å². The molecular formula is C86H152NO8P. The first-order chi connectivity index (χ1) is 47.0. The molecule has 0 saturated carbocycles. The fourth-order valence-corrected chi connectivity index (χ4v) is 12.1. The maximum Gasteiger partial charge on any atom is 0.306 e. The fraction of sp³-hybridized carbons (Fsp3) is 0.744. The predicted octanol–water partition coefficient (Wildman–Crippen LogP) is 26.3. The molecule has 0 spiro atoms. The molecule has 554 valence electrons. The second-order valence-electron chi connectivity index (χ2n) is 28.0. The standard InChI is InChI=1S/C86H152NO8P/c1-6-8-10-12-14-16-18-20-22-24-26-28-30-32-34-36-38-40-42-43-45-46-48-50-52-54-56-58-60-62-64-66-68-70-72-74-76-78-85(88)92-82-84(83-94-96(90,91)93-81-80-87(3,4)5)95-86(89)79-77-75-73-71-69-67-65-63-61-59-57-55-53-51-49-47-44-41-39-37-35-33-31-29-27-25-23-21-19-17-15-13-11-9-7-2/h9,11,15,17,21,23-24,26-27,29,33,35,39,41,47,49,53,55,59,61,84H,6-8,10,12-14,16,18-20,22,25,28,30-32,34,36-38,40,42-46,48,50-52,54,56-58,60,62-83H2,1-5H3/b11-9-,17-15-,23-21-,26-24-,29-27-,35-33-,41-39-,49-47-,55-53-,61-59-. The summed E-state index contributed by atoms with van der Waals surface area (Å²) in [6.07, 6.45) is 109. The van der Waals surface area contributed by atoms with Crippen molar-refractivity contribution in [2.24, 2.45) is 0 Å². The minimum absolute atomic E-state index is 0.0373. The van der Waals surface area contributed by atoms with E-state index in [4.69, 9.17) is 18.5 Å². The molecule has 0 N–H and O–H groups in total. The van der Waals surface area contributed by atoms with Crippen LogP contribution in [0.1, 0.15) is 361 Å². The van der Waals surface area contributed by atoms with Crippen molar-refractivity contribution < 1.29 is 42.1 Å². The van der Waals surface area contributed by atoms with E-state index in [2.05, 4.69) is 135 Å². The van der Waals surface area contributed by atoms with Gasteiger partial charge in [-0.1, -0.05) is 360 Å². The third kappa shape index (κ3) is 79.4. The summed E-state index contributed by atoms with van der Waals surface area (Å²) in [4.78, 5) is 38.2. The molecule has 2 atom stereocenters. The molecule has 10 heteroatoms. The van der Waals surface area contributed by atoms with Gasteiger partial charge >= 0.3 is 11.9 Å². The summed E-state index contributed by atoms with van der Waals surface area (Å²) in [5.74, 6) is -0.839. The van der Waals surface area contributed by atoms with Gasteiger partial charge in [-0.05, 0) is 109 Å². The zero-order chi connectivity index (χ0) is 69.7. The second-order valence-corrected chi connectivity index (χ2v) is 29.5. The number of phosphoric ester groups is 1. The van der Waals surface area contributed by atoms with Gasteiger partial charge in [-0.2, -0.15) is 0 Å². The topological polar surface area (TPSA) is 111 Å². The van der Waals surface area contributed by atoms with Gasteiger partial charge in [0.15, 0.2) is 6.10 Å². The molecule has 9 nitrogen and oxygen atoms in total. The number of carbonyl (C=O) groups is 2. The first-order valence-corrected chi connectivity index (χ1v) is 41.7. The summed E-state index contributed by atoms with van der Waals surface area (Å²) < 4.78 is 34.4. The molecule has 0 fully saturated rings. The fourth-order valence-electron chi connectivity index (χ4n) is 11.4. The minimum atomic E-state index is -4.66. The van der Waals surface area contributed by atoms with E-state index >= 15 is 0 Å². The van der Waals surface area contributed by atoms with E-state index in [1.54, 1.807) is 0 Å². The Morgan fingerprint density at radius 2 is 0.594 bits per heavy atom. The lowest BCUT2D eigenvalue weighted by atomic mass is 10.0. The van der Waals surface area contributed by atoms with E-state index in [-0.39, 0.29) is 32.0 Å². The average Bonchev–Trinajstić information content (AvgIpc) is 2.74. The van der Waals surface area contributed by atoms with Gasteiger partial charge < -0.3 is 27.9 Å².